The predicted octanol–water partition coefficient (Wildman–Crippen LogP) is 3.89. The van der Waals surface area contributed by atoms with E-state index < -0.39 is 0 Å². The van der Waals surface area contributed by atoms with Gasteiger partial charge >= 0.3 is 0 Å². The smallest absolute Gasteiger partial charge is 0.153 e. The fourth-order valence-corrected chi connectivity index (χ4v) is 2.26. The molecule has 0 fully saturated rings. The molecule has 1 heterocycles. The molecule has 1 aromatic heterocycles. The van der Waals surface area contributed by atoms with Crippen molar-refractivity contribution in [3.63, 3.8) is 0 Å². The average Bonchev–Trinajstić information content (AvgIpc) is 2.51. The average molecular weight is 282 g/mol. The number of benzene rings is 2. The van der Waals surface area contributed by atoms with Crippen molar-refractivity contribution in [2.24, 2.45) is 0 Å². The van der Waals surface area contributed by atoms with Crippen molar-refractivity contribution in [3.05, 3.63) is 66.1 Å². The molecular formula is C17H15FN2O. The first-order valence-corrected chi connectivity index (χ1v) is 6.73. The lowest BCUT2D eigenvalue weighted by molar-refractivity contribution is 0.468. The summed E-state index contributed by atoms with van der Waals surface area (Å²) in [6.07, 6.45) is 1.72. The number of fused-ring (bicyclic) bond motifs is 1. The summed E-state index contributed by atoms with van der Waals surface area (Å²) in [6, 6.07) is 14.4. The Labute approximate surface area is 122 Å². The van der Waals surface area contributed by atoms with Crippen molar-refractivity contribution in [1.82, 2.24) is 10.3 Å². The maximum atomic E-state index is 13.9. The molecule has 0 radical (unpaired) electrons. The number of ether oxygens (including phenoxy) is 1. The van der Waals surface area contributed by atoms with Gasteiger partial charge in [-0.25, -0.2) is 4.39 Å². The van der Waals surface area contributed by atoms with E-state index in [2.05, 4.69) is 10.3 Å². The number of pyridine rings is 1. The van der Waals surface area contributed by atoms with Crippen LogP contribution in [0.3, 0.4) is 0 Å². The first-order valence-electron chi connectivity index (χ1n) is 6.73. The van der Waals surface area contributed by atoms with Gasteiger partial charge in [0.1, 0.15) is 17.1 Å². The van der Waals surface area contributed by atoms with Crippen molar-refractivity contribution in [2.75, 3.05) is 7.05 Å². The molecule has 2 aromatic carbocycles. The number of nitrogens with zero attached hydrogens (tertiary/aromatic N) is 1. The standard InChI is InChI=1S/C17H15FN2O/c1-19-11-13-14(18)7-3-8-15(13)21-16-9-2-5-12-6-4-10-20-17(12)16/h2-10,19H,11H2,1H3. The molecule has 3 nitrogen and oxygen atoms in total. The summed E-state index contributed by atoms with van der Waals surface area (Å²) >= 11 is 0. The minimum Gasteiger partial charge on any atom is -0.455 e. The van der Waals surface area contributed by atoms with Gasteiger partial charge in [0.05, 0.1) is 0 Å². The number of hydrogen-bond acceptors (Lipinski definition) is 3. The molecule has 0 unspecified atom stereocenters. The number of halogens is 1. The highest BCUT2D eigenvalue weighted by atomic mass is 19.1. The Balaban J connectivity index is 2.05. The minimum absolute atomic E-state index is 0.282. The lowest BCUT2D eigenvalue weighted by atomic mass is 10.1. The van der Waals surface area contributed by atoms with Crippen LogP contribution in [-0.4, -0.2) is 12.0 Å². The highest BCUT2D eigenvalue weighted by Gasteiger charge is 2.11. The first-order chi connectivity index (χ1) is 10.3. The largest absolute Gasteiger partial charge is 0.455 e. The molecule has 0 amide bonds. The summed E-state index contributed by atoms with van der Waals surface area (Å²) < 4.78 is 19.8. The number of rotatable bonds is 4. The van der Waals surface area contributed by atoms with Gasteiger partial charge in [-0.1, -0.05) is 24.3 Å². The van der Waals surface area contributed by atoms with E-state index in [1.165, 1.54) is 6.07 Å². The van der Waals surface area contributed by atoms with Gasteiger partial charge in [0.15, 0.2) is 5.75 Å². The molecule has 0 spiro atoms. The molecule has 4 heteroatoms. The second-order valence-electron chi connectivity index (χ2n) is 4.68. The number of aromatic nitrogens is 1. The minimum atomic E-state index is -0.282. The van der Waals surface area contributed by atoms with Crippen molar-refractivity contribution >= 4 is 10.9 Å². The summed E-state index contributed by atoms with van der Waals surface area (Å²) in [5.41, 5.74) is 1.27. The zero-order valence-electron chi connectivity index (χ0n) is 11.6. The summed E-state index contributed by atoms with van der Waals surface area (Å²) in [4.78, 5) is 4.34. The zero-order chi connectivity index (χ0) is 14.7. The van der Waals surface area contributed by atoms with Crippen molar-refractivity contribution < 1.29 is 9.13 Å². The third kappa shape index (κ3) is 2.71. The van der Waals surface area contributed by atoms with Crippen LogP contribution in [0.2, 0.25) is 0 Å². The van der Waals surface area contributed by atoms with Crippen LogP contribution in [-0.2, 0) is 6.54 Å². The van der Waals surface area contributed by atoms with E-state index in [1.807, 2.05) is 30.3 Å². The Morgan fingerprint density at radius 3 is 2.67 bits per heavy atom. The maximum absolute atomic E-state index is 13.9. The van der Waals surface area contributed by atoms with Gasteiger partial charge in [0, 0.05) is 23.7 Å². The van der Waals surface area contributed by atoms with E-state index in [0.717, 1.165) is 10.9 Å². The van der Waals surface area contributed by atoms with E-state index in [1.54, 1.807) is 25.4 Å². The van der Waals surface area contributed by atoms with Crippen LogP contribution in [0, 0.1) is 5.82 Å². The highest BCUT2D eigenvalue weighted by Crippen LogP contribution is 2.31. The Morgan fingerprint density at radius 1 is 1.05 bits per heavy atom. The van der Waals surface area contributed by atoms with Crippen LogP contribution >= 0.6 is 0 Å². The SMILES string of the molecule is CNCc1c(F)cccc1Oc1cccc2cccnc12. The van der Waals surface area contributed by atoms with Crippen LogP contribution in [0.25, 0.3) is 10.9 Å². The quantitative estimate of drug-likeness (QED) is 0.788. The maximum Gasteiger partial charge on any atom is 0.153 e. The first kappa shape index (κ1) is 13.5. The Bertz CT molecular complexity index is 768. The third-order valence-corrected chi connectivity index (χ3v) is 3.25. The molecule has 3 aromatic rings. The van der Waals surface area contributed by atoms with Crippen LogP contribution < -0.4 is 10.1 Å². The second kappa shape index (κ2) is 5.89. The third-order valence-electron chi connectivity index (χ3n) is 3.25. The monoisotopic (exact) mass is 282 g/mol. The lowest BCUT2D eigenvalue weighted by Crippen LogP contribution is -2.08. The lowest BCUT2D eigenvalue weighted by Gasteiger charge is -2.13. The van der Waals surface area contributed by atoms with Crippen LogP contribution in [0.15, 0.2) is 54.7 Å². The van der Waals surface area contributed by atoms with Crippen LogP contribution in [0.5, 0.6) is 11.5 Å². The topological polar surface area (TPSA) is 34.1 Å². The van der Waals surface area contributed by atoms with E-state index in [-0.39, 0.29) is 5.82 Å². The molecule has 0 saturated carbocycles. The van der Waals surface area contributed by atoms with Crippen molar-refractivity contribution in [2.45, 2.75) is 6.54 Å². The molecular weight excluding hydrogens is 267 g/mol. The number of hydrogen-bond donors (Lipinski definition) is 1. The molecule has 0 bridgehead atoms. The van der Waals surface area contributed by atoms with Gasteiger partial charge in [0.25, 0.3) is 0 Å². The fraction of sp³-hybridized carbons (Fsp3) is 0.118. The predicted molar refractivity (Wildman–Crippen MR) is 81.0 cm³/mol. The molecule has 0 aliphatic carbocycles. The van der Waals surface area contributed by atoms with Gasteiger partial charge in [-0.3, -0.25) is 4.98 Å². The van der Waals surface area contributed by atoms with Gasteiger partial charge < -0.3 is 10.1 Å². The normalized spacial score (nSPS) is 10.8. The summed E-state index contributed by atoms with van der Waals surface area (Å²) in [5, 5.41) is 3.94. The molecule has 1 N–H and O–H groups in total. The van der Waals surface area contributed by atoms with E-state index in [0.29, 0.717) is 23.6 Å². The Kier molecular flexibility index (Phi) is 3.79. The molecule has 106 valence electrons. The van der Waals surface area contributed by atoms with Gasteiger partial charge in [-0.15, -0.1) is 0 Å². The fourth-order valence-electron chi connectivity index (χ4n) is 2.26. The van der Waals surface area contributed by atoms with E-state index in [4.69, 9.17) is 4.74 Å². The van der Waals surface area contributed by atoms with Crippen LogP contribution in [0.1, 0.15) is 5.56 Å². The summed E-state index contributed by atoms with van der Waals surface area (Å²) in [5.74, 6) is 0.841. The zero-order valence-corrected chi connectivity index (χ0v) is 11.6. The van der Waals surface area contributed by atoms with Crippen molar-refractivity contribution in [3.8, 4) is 11.5 Å². The van der Waals surface area contributed by atoms with E-state index >= 15 is 0 Å². The van der Waals surface area contributed by atoms with Gasteiger partial charge in [0.2, 0.25) is 0 Å². The van der Waals surface area contributed by atoms with Gasteiger partial charge in [-0.2, -0.15) is 0 Å². The van der Waals surface area contributed by atoms with Crippen LogP contribution in [0.4, 0.5) is 4.39 Å². The molecule has 0 aliphatic rings. The molecule has 0 atom stereocenters. The van der Waals surface area contributed by atoms with Crippen molar-refractivity contribution in [1.29, 1.82) is 0 Å². The molecule has 3 rings (SSSR count). The summed E-state index contributed by atoms with van der Waals surface area (Å²) in [7, 11) is 1.77. The van der Waals surface area contributed by atoms with Gasteiger partial charge in [-0.05, 0) is 31.3 Å². The Morgan fingerprint density at radius 2 is 1.81 bits per heavy atom. The molecule has 21 heavy (non-hydrogen) atoms. The second-order valence-corrected chi connectivity index (χ2v) is 4.68. The molecule has 0 aliphatic heterocycles. The molecule has 0 saturated heterocycles. The van der Waals surface area contributed by atoms with E-state index in [9.17, 15) is 4.39 Å². The summed E-state index contributed by atoms with van der Waals surface area (Å²) in [6.45, 7) is 0.403. The Hall–Kier alpha value is -2.46. The number of para-hydroxylation sites is 1. The highest BCUT2D eigenvalue weighted by molar-refractivity contribution is 5.84. The number of nitrogens with one attached hydrogen (secondary N) is 1.